The first-order valence-electron chi connectivity index (χ1n) is 16.4. The van der Waals surface area contributed by atoms with Gasteiger partial charge in [0.15, 0.2) is 5.82 Å². The number of fused-ring (bicyclic) bond motifs is 4. The molecule has 4 fully saturated rings. The third-order valence-electron chi connectivity index (χ3n) is 10.9. The molecule has 1 aliphatic carbocycles. The molecule has 246 valence electrons. The average Bonchev–Trinajstić information content (AvgIpc) is 3.53. The molecule has 9 nitrogen and oxygen atoms in total. The third-order valence-corrected chi connectivity index (χ3v) is 10.9. The number of ether oxygens (including phenoxy) is 2. The summed E-state index contributed by atoms with van der Waals surface area (Å²) in [4.78, 5) is 30.4. The molecule has 47 heavy (non-hydrogen) atoms. The monoisotopic (exact) mass is 647 g/mol. The highest BCUT2D eigenvalue weighted by Gasteiger charge is 2.57. The van der Waals surface area contributed by atoms with Crippen LogP contribution in [-0.4, -0.2) is 82.5 Å². The van der Waals surface area contributed by atoms with Crippen LogP contribution in [0.4, 0.5) is 19.0 Å². The number of aryl methyl sites for hydroxylation is 1. The summed E-state index contributed by atoms with van der Waals surface area (Å²) >= 11 is 0. The smallest absolute Gasteiger partial charge is 0.319 e. The molecule has 0 bridgehead atoms. The number of nitrogens with zero attached hydrogens (tertiary/aromatic N) is 5. The number of pyridine rings is 1. The number of halogens is 3. The SMILES string of the molecule is CCc1c(F)ccc2cc(O)cc(-c3ncc4c(N5CC[C@@H]6[C@H](C5)[C@@H]6C(=O)OC)nc(OC[C@@]56CCCN5C[C@H](F)C6)nc4c3F)c12. The van der Waals surface area contributed by atoms with Crippen molar-refractivity contribution in [2.75, 3.05) is 44.8 Å². The van der Waals surface area contributed by atoms with Crippen molar-refractivity contribution in [2.24, 2.45) is 17.8 Å². The van der Waals surface area contributed by atoms with Crippen LogP contribution in [0.5, 0.6) is 11.8 Å². The Hall–Kier alpha value is -4.19. The molecule has 0 unspecified atom stereocenters. The summed E-state index contributed by atoms with van der Waals surface area (Å²) < 4.78 is 57.6. The molecule has 3 saturated heterocycles. The van der Waals surface area contributed by atoms with Crippen LogP contribution in [0, 0.1) is 29.4 Å². The lowest BCUT2D eigenvalue weighted by Gasteiger charge is -2.31. The molecule has 5 atom stereocenters. The van der Waals surface area contributed by atoms with Crippen molar-refractivity contribution in [2.45, 2.75) is 50.7 Å². The molecule has 2 aromatic carbocycles. The van der Waals surface area contributed by atoms with E-state index in [1.165, 1.54) is 31.5 Å². The lowest BCUT2D eigenvalue weighted by Crippen LogP contribution is -2.43. The Kier molecular flexibility index (Phi) is 7.19. The minimum absolute atomic E-state index is 0.0287. The van der Waals surface area contributed by atoms with Gasteiger partial charge in [0, 0.05) is 37.8 Å². The minimum atomic E-state index is -0.935. The molecule has 2 aromatic heterocycles. The van der Waals surface area contributed by atoms with E-state index in [2.05, 4.69) is 14.9 Å². The zero-order chi connectivity index (χ0) is 32.6. The number of benzene rings is 2. The topological polar surface area (TPSA) is 101 Å². The van der Waals surface area contributed by atoms with Crippen LogP contribution in [0.2, 0.25) is 0 Å². The number of esters is 1. The fourth-order valence-electron chi connectivity index (χ4n) is 8.61. The van der Waals surface area contributed by atoms with Gasteiger partial charge in [0.2, 0.25) is 0 Å². The highest BCUT2D eigenvalue weighted by molar-refractivity contribution is 6.01. The number of phenolic OH excluding ortho intramolecular Hbond substituents is 1. The Balaban J connectivity index is 1.24. The number of methoxy groups -OCH3 is 1. The van der Waals surface area contributed by atoms with Crippen LogP contribution in [-0.2, 0) is 16.0 Å². The fourth-order valence-corrected chi connectivity index (χ4v) is 8.61. The van der Waals surface area contributed by atoms with Gasteiger partial charge in [-0.1, -0.05) is 13.0 Å². The van der Waals surface area contributed by atoms with Crippen LogP contribution in [0.3, 0.4) is 0 Å². The van der Waals surface area contributed by atoms with Crippen molar-refractivity contribution in [3.8, 4) is 23.0 Å². The summed E-state index contributed by atoms with van der Waals surface area (Å²) in [7, 11) is 1.39. The second kappa shape index (κ2) is 11.2. The van der Waals surface area contributed by atoms with E-state index in [-0.39, 0.29) is 58.9 Å². The number of anilines is 1. The Morgan fingerprint density at radius 1 is 1.15 bits per heavy atom. The van der Waals surface area contributed by atoms with E-state index in [0.717, 1.165) is 25.8 Å². The van der Waals surface area contributed by atoms with Crippen LogP contribution in [0.25, 0.3) is 32.9 Å². The Morgan fingerprint density at radius 3 is 2.81 bits per heavy atom. The predicted octanol–water partition coefficient (Wildman–Crippen LogP) is 5.59. The Labute approximate surface area is 269 Å². The highest BCUT2D eigenvalue weighted by atomic mass is 19.1. The molecule has 4 aliphatic rings. The molecular weight excluding hydrogens is 611 g/mol. The number of carbonyl (C=O) groups is 1. The first-order valence-corrected chi connectivity index (χ1v) is 16.4. The molecule has 0 radical (unpaired) electrons. The highest BCUT2D eigenvalue weighted by Crippen LogP contribution is 2.53. The lowest BCUT2D eigenvalue weighted by molar-refractivity contribution is -0.142. The number of alkyl halides is 1. The second-order valence-electron chi connectivity index (χ2n) is 13.5. The first kappa shape index (κ1) is 30.2. The van der Waals surface area contributed by atoms with E-state index in [1.54, 1.807) is 6.07 Å². The number of carbonyl (C=O) groups excluding carboxylic acids is 1. The normalized spacial score (nSPS) is 26.9. The summed E-state index contributed by atoms with van der Waals surface area (Å²) in [5.41, 5.74) is 0.0675. The zero-order valence-corrected chi connectivity index (χ0v) is 26.3. The fraction of sp³-hybridized carbons (Fsp3) is 0.486. The minimum Gasteiger partial charge on any atom is -0.508 e. The van der Waals surface area contributed by atoms with Crippen LogP contribution in [0.15, 0.2) is 30.5 Å². The predicted molar refractivity (Wildman–Crippen MR) is 169 cm³/mol. The lowest BCUT2D eigenvalue weighted by atomic mass is 9.94. The molecule has 12 heteroatoms. The Morgan fingerprint density at radius 2 is 2.00 bits per heavy atom. The van der Waals surface area contributed by atoms with E-state index in [1.807, 2.05) is 11.8 Å². The van der Waals surface area contributed by atoms with Crippen molar-refractivity contribution in [1.29, 1.82) is 0 Å². The largest absolute Gasteiger partial charge is 0.508 e. The van der Waals surface area contributed by atoms with Gasteiger partial charge in [0.1, 0.15) is 41.4 Å². The van der Waals surface area contributed by atoms with Crippen molar-refractivity contribution < 1.29 is 32.5 Å². The van der Waals surface area contributed by atoms with Crippen molar-refractivity contribution >= 4 is 33.5 Å². The van der Waals surface area contributed by atoms with Gasteiger partial charge in [-0.2, -0.15) is 9.97 Å². The molecule has 8 rings (SSSR count). The molecule has 3 aliphatic heterocycles. The van der Waals surface area contributed by atoms with Crippen molar-refractivity contribution in [1.82, 2.24) is 19.9 Å². The van der Waals surface area contributed by atoms with Gasteiger partial charge in [-0.15, -0.1) is 0 Å². The standard InChI is InChI=1S/C35H36F3N5O4/c1-3-21-26(37)6-5-18-11-20(44)12-23(27(18)21)30-29(38)31-24(14-39-30)32(42-10-7-22-25(16-42)28(22)33(45)46-2)41-34(40-31)47-17-35-8-4-9-43(35)15-19(36)13-35/h5-6,11-12,14,19,22,25,28,44H,3-4,7-10,13,15-17H2,1-2H3/t19-,22-,25+,28-,35+/m1/s1. The Bertz CT molecular complexity index is 1930. The van der Waals surface area contributed by atoms with Crippen LogP contribution in [0.1, 0.15) is 38.2 Å². The summed E-state index contributed by atoms with van der Waals surface area (Å²) in [6.07, 6.45) is 3.77. The van der Waals surface area contributed by atoms with E-state index in [0.29, 0.717) is 60.0 Å². The summed E-state index contributed by atoms with van der Waals surface area (Å²) in [6.45, 7) is 4.26. The van der Waals surface area contributed by atoms with Crippen LogP contribution < -0.4 is 9.64 Å². The maximum absolute atomic E-state index is 16.9. The van der Waals surface area contributed by atoms with Gasteiger partial charge in [0.25, 0.3) is 0 Å². The summed E-state index contributed by atoms with van der Waals surface area (Å²) in [5, 5.41) is 12.0. The number of rotatable bonds is 7. The number of aromatic hydroxyl groups is 1. The molecule has 4 aromatic rings. The quantitative estimate of drug-likeness (QED) is 0.257. The van der Waals surface area contributed by atoms with Gasteiger partial charge >= 0.3 is 12.0 Å². The third kappa shape index (κ3) is 4.86. The van der Waals surface area contributed by atoms with Gasteiger partial charge in [-0.25, -0.2) is 13.2 Å². The van der Waals surface area contributed by atoms with Crippen molar-refractivity contribution in [3.05, 3.63) is 47.7 Å². The van der Waals surface area contributed by atoms with E-state index >= 15 is 4.39 Å². The summed E-state index contributed by atoms with van der Waals surface area (Å²) in [5.74, 6) is -0.919. The molecule has 0 amide bonds. The number of piperidine rings is 1. The maximum Gasteiger partial charge on any atom is 0.319 e. The van der Waals surface area contributed by atoms with Crippen LogP contribution >= 0.6 is 0 Å². The molecule has 1 saturated carbocycles. The van der Waals surface area contributed by atoms with Gasteiger partial charge in [-0.3, -0.25) is 14.7 Å². The van der Waals surface area contributed by atoms with E-state index < -0.39 is 23.3 Å². The number of aromatic nitrogens is 3. The summed E-state index contributed by atoms with van der Waals surface area (Å²) in [6, 6.07) is 5.77. The molecule has 0 spiro atoms. The van der Waals surface area contributed by atoms with Crippen molar-refractivity contribution in [3.63, 3.8) is 0 Å². The second-order valence-corrected chi connectivity index (χ2v) is 13.5. The van der Waals surface area contributed by atoms with E-state index in [9.17, 15) is 18.7 Å². The van der Waals surface area contributed by atoms with E-state index in [4.69, 9.17) is 14.5 Å². The number of hydrogen-bond donors (Lipinski definition) is 1. The maximum atomic E-state index is 16.9. The molecule has 1 N–H and O–H groups in total. The van der Waals surface area contributed by atoms with Gasteiger partial charge < -0.3 is 19.5 Å². The van der Waals surface area contributed by atoms with Gasteiger partial charge in [-0.05, 0) is 78.6 Å². The van der Waals surface area contributed by atoms with Gasteiger partial charge in [0.05, 0.1) is 24.0 Å². The number of hydrogen-bond acceptors (Lipinski definition) is 9. The average molecular weight is 648 g/mol. The first-order chi connectivity index (χ1) is 22.7. The molecular formula is C35H36F3N5O4. The molecule has 5 heterocycles. The zero-order valence-electron chi connectivity index (χ0n) is 26.3. The number of phenols is 1.